The highest BCUT2D eigenvalue weighted by molar-refractivity contribution is 6.27. The van der Waals surface area contributed by atoms with E-state index in [1.165, 1.54) is 5.56 Å². The standard InChI is InChI=1S/C22H38N2O2.3C2H2O4/c1-8-22(6,7)26-21(25)20(23-15-16-24(9-2)10-3)19-13-11-18(12-14-19)17(4)5;3*3-1(4)2(5)6/h11-14,17,20,23H,8-10,15-16H2,1-7H3;3*(H,3,4)(H,5,6). The highest BCUT2D eigenvalue weighted by Crippen LogP contribution is 2.21. The van der Waals surface area contributed by atoms with Crippen LogP contribution in [0.2, 0.25) is 0 Å². The minimum atomic E-state index is -2.07. The maximum Gasteiger partial charge on any atom is 0.414 e. The lowest BCUT2D eigenvalue weighted by atomic mass is 9.98. The molecule has 0 aliphatic heterocycles. The number of hydrogen-bond acceptors (Lipinski definition) is 10. The first-order valence-electron chi connectivity index (χ1n) is 13.5. The molecule has 0 heterocycles. The molecule has 0 spiro atoms. The zero-order valence-electron chi connectivity index (χ0n) is 25.9. The number of carboxylic acid groups (broad SMARTS) is 6. The van der Waals surface area contributed by atoms with Crippen molar-refractivity contribution in [2.24, 2.45) is 0 Å². The van der Waals surface area contributed by atoms with Gasteiger partial charge in [0.25, 0.3) is 0 Å². The molecule has 0 amide bonds. The third-order valence-corrected chi connectivity index (χ3v) is 5.88. The lowest BCUT2D eigenvalue weighted by Crippen LogP contribution is -3.14. The Hall–Kier alpha value is -4.57. The predicted octanol–water partition coefficient (Wildman–Crippen LogP) is -3.13. The lowest BCUT2D eigenvalue weighted by Gasteiger charge is -2.26. The molecule has 0 aromatic heterocycles. The summed E-state index contributed by atoms with van der Waals surface area (Å²) in [5.41, 5.74) is 1.90. The molecule has 0 radical (unpaired) electrons. The molecule has 0 saturated heterocycles. The van der Waals surface area contributed by atoms with Crippen LogP contribution in [0.5, 0.6) is 0 Å². The van der Waals surface area contributed by atoms with Crippen molar-refractivity contribution in [3.05, 3.63) is 35.4 Å². The summed E-state index contributed by atoms with van der Waals surface area (Å²) in [5.74, 6) is -11.3. The number of rotatable bonds is 11. The van der Waals surface area contributed by atoms with Crippen LogP contribution < -0.4 is 20.4 Å². The van der Waals surface area contributed by atoms with E-state index in [1.807, 2.05) is 20.8 Å². The first-order valence-corrected chi connectivity index (χ1v) is 13.5. The number of hydrogen-bond donors (Lipinski definition) is 6. The number of carbonyl (C=O) groups excluding carboxylic acids is 3. The Morgan fingerprint density at radius 1 is 0.773 bits per heavy atom. The summed E-state index contributed by atoms with van der Waals surface area (Å²) in [4.78, 5) is 68.7. The maximum absolute atomic E-state index is 12.9. The number of likely N-dealkylation sites (N-methyl/N-ethyl adjacent to an activating group) is 1. The number of esters is 1. The average molecular weight is 633 g/mol. The largest absolute Gasteiger partial charge is 0.539 e. The fraction of sp³-hybridized carbons (Fsp3) is 0.536. The van der Waals surface area contributed by atoms with E-state index in [9.17, 15) is 4.79 Å². The summed E-state index contributed by atoms with van der Waals surface area (Å²) < 4.78 is 5.81. The van der Waals surface area contributed by atoms with Crippen LogP contribution in [0.1, 0.15) is 78.0 Å². The van der Waals surface area contributed by atoms with Crippen LogP contribution in [0, 0.1) is 0 Å². The van der Waals surface area contributed by atoms with Gasteiger partial charge in [-0.1, -0.05) is 45.0 Å². The third-order valence-electron chi connectivity index (χ3n) is 5.88. The second kappa shape index (κ2) is 23.0. The Labute approximate surface area is 255 Å². The summed E-state index contributed by atoms with van der Waals surface area (Å²) in [6.45, 7) is 19.0. The van der Waals surface area contributed by atoms with E-state index >= 15 is 0 Å². The van der Waals surface area contributed by atoms with Gasteiger partial charge in [0.05, 0.1) is 13.1 Å². The second-order valence-corrected chi connectivity index (χ2v) is 9.86. The number of nitrogens with one attached hydrogen (secondary N) is 1. The molecule has 16 heteroatoms. The Morgan fingerprint density at radius 3 is 1.41 bits per heavy atom. The number of nitrogens with two attached hydrogens (primary N) is 1. The van der Waals surface area contributed by atoms with Gasteiger partial charge in [-0.05, 0) is 45.6 Å². The van der Waals surface area contributed by atoms with Gasteiger partial charge in [-0.25, -0.2) is 24.0 Å². The van der Waals surface area contributed by atoms with Crippen LogP contribution in [-0.2, 0) is 38.3 Å². The number of quaternary nitrogens is 2. The van der Waals surface area contributed by atoms with Crippen molar-refractivity contribution < 1.29 is 79.2 Å². The molecule has 0 aliphatic carbocycles. The van der Waals surface area contributed by atoms with Gasteiger partial charge >= 0.3 is 29.8 Å². The van der Waals surface area contributed by atoms with Crippen molar-refractivity contribution in [2.75, 3.05) is 26.2 Å². The molecule has 16 nitrogen and oxygen atoms in total. The Bertz CT molecular complexity index is 987. The molecule has 1 rings (SSSR count). The summed E-state index contributed by atoms with van der Waals surface area (Å²) >= 11 is 0. The van der Waals surface area contributed by atoms with Gasteiger partial charge in [0.1, 0.15) is 18.7 Å². The number of benzene rings is 1. The van der Waals surface area contributed by atoms with E-state index < -0.39 is 41.4 Å². The third kappa shape index (κ3) is 22.1. The number of carbonyl (C=O) groups is 7. The smallest absolute Gasteiger partial charge is 0.414 e. The van der Waals surface area contributed by atoms with Crippen molar-refractivity contribution in [3.63, 3.8) is 0 Å². The molecule has 7 N–H and O–H groups in total. The molecule has 1 atom stereocenters. The van der Waals surface area contributed by atoms with E-state index in [1.54, 1.807) is 4.90 Å². The molecular weight excluding hydrogens is 588 g/mol. The van der Waals surface area contributed by atoms with Gasteiger partial charge in [0.2, 0.25) is 6.04 Å². The minimum Gasteiger partial charge on any atom is -0.539 e. The minimum absolute atomic E-state index is 0.135. The Kier molecular flexibility index (Phi) is 22.9. The first kappa shape index (κ1) is 43.9. The molecule has 0 aliphatic rings. The molecular formula is C28H44N2O14. The molecule has 0 saturated carbocycles. The van der Waals surface area contributed by atoms with Crippen molar-refractivity contribution >= 4 is 41.8 Å². The van der Waals surface area contributed by atoms with Crippen LogP contribution in [0.3, 0.4) is 0 Å². The van der Waals surface area contributed by atoms with Crippen LogP contribution in [0.25, 0.3) is 0 Å². The summed E-state index contributed by atoms with van der Waals surface area (Å²) in [7, 11) is 0. The molecule has 0 fully saturated rings. The van der Waals surface area contributed by atoms with Crippen LogP contribution in [-0.4, -0.2) is 94.0 Å². The van der Waals surface area contributed by atoms with Gasteiger partial charge in [-0.2, -0.15) is 0 Å². The number of aliphatic carboxylic acids is 6. The van der Waals surface area contributed by atoms with E-state index in [2.05, 4.69) is 57.3 Å². The Morgan fingerprint density at radius 2 is 1.14 bits per heavy atom. The SMILES string of the molecule is CC[NH+](CC)CC[NH2+]C(C(=O)OC(C)(C)CC)c1ccc(C(C)C)cc1.O=C(O)C(=O)O.O=C([O-])C(=O)O.O=C([O-])C(=O)O. The van der Waals surface area contributed by atoms with Gasteiger partial charge in [-0.3, -0.25) is 0 Å². The molecule has 1 aromatic carbocycles. The van der Waals surface area contributed by atoms with Crippen LogP contribution >= 0.6 is 0 Å². The molecule has 1 aromatic rings. The maximum atomic E-state index is 12.9. The van der Waals surface area contributed by atoms with Crippen molar-refractivity contribution in [1.29, 1.82) is 0 Å². The van der Waals surface area contributed by atoms with E-state index in [0.717, 1.165) is 38.2 Å². The van der Waals surface area contributed by atoms with E-state index in [0.29, 0.717) is 5.92 Å². The highest BCUT2D eigenvalue weighted by Gasteiger charge is 2.31. The first-order chi connectivity index (χ1) is 20.2. The average Bonchev–Trinajstić information content (AvgIpc) is 2.93. The van der Waals surface area contributed by atoms with Gasteiger partial charge in [0, 0.05) is 5.56 Å². The lowest BCUT2D eigenvalue weighted by molar-refractivity contribution is -0.910. The highest BCUT2D eigenvalue weighted by atomic mass is 16.6. The molecule has 0 bridgehead atoms. The van der Waals surface area contributed by atoms with Gasteiger partial charge in [0.15, 0.2) is 11.9 Å². The van der Waals surface area contributed by atoms with Crippen molar-refractivity contribution in [2.45, 2.75) is 72.4 Å². The topological polar surface area (TPSA) is 277 Å². The van der Waals surface area contributed by atoms with Crippen LogP contribution in [0.15, 0.2) is 24.3 Å². The second-order valence-electron chi connectivity index (χ2n) is 9.86. The zero-order valence-corrected chi connectivity index (χ0v) is 25.9. The summed E-state index contributed by atoms with van der Waals surface area (Å²) in [6.07, 6.45) is 0.807. The normalized spacial score (nSPS) is 10.8. The zero-order chi connectivity index (χ0) is 35.2. The molecule has 1 unspecified atom stereocenters. The monoisotopic (exact) mass is 632 g/mol. The number of carboxylic acids is 6. The predicted molar refractivity (Wildman–Crippen MR) is 148 cm³/mol. The van der Waals surface area contributed by atoms with Gasteiger partial charge < -0.3 is 55.2 Å². The van der Waals surface area contributed by atoms with Gasteiger partial charge in [-0.15, -0.1) is 0 Å². The summed E-state index contributed by atoms with van der Waals surface area (Å²) in [6, 6.07) is 8.14. The Balaban J connectivity index is -0.000000754. The molecule has 250 valence electrons. The number of ether oxygens (including phenoxy) is 1. The van der Waals surface area contributed by atoms with Crippen molar-refractivity contribution in [1.82, 2.24) is 0 Å². The fourth-order valence-corrected chi connectivity index (χ4v) is 2.92. The van der Waals surface area contributed by atoms with Crippen molar-refractivity contribution in [3.8, 4) is 0 Å². The molecule has 44 heavy (non-hydrogen) atoms. The fourth-order valence-electron chi connectivity index (χ4n) is 2.92. The summed E-state index contributed by atoms with van der Waals surface area (Å²) in [5, 5.41) is 49.6. The van der Waals surface area contributed by atoms with E-state index in [-0.39, 0.29) is 12.0 Å². The quantitative estimate of drug-likeness (QED) is 0.104. The van der Waals surface area contributed by atoms with Crippen LogP contribution in [0.4, 0.5) is 0 Å². The van der Waals surface area contributed by atoms with E-state index in [4.69, 9.17) is 64.1 Å².